The number of para-hydroxylation sites is 1. The summed E-state index contributed by atoms with van der Waals surface area (Å²) in [5.41, 5.74) is 2.28. The first-order valence-electron chi connectivity index (χ1n) is 6.44. The molecule has 0 saturated heterocycles. The molecule has 1 unspecified atom stereocenters. The number of nitrogens with one attached hydrogen (secondary N) is 1. The van der Waals surface area contributed by atoms with Gasteiger partial charge in [0.1, 0.15) is 0 Å². The third-order valence-electron chi connectivity index (χ3n) is 3.09. The first-order valence-corrected chi connectivity index (χ1v) is 7.23. The minimum Gasteiger partial charge on any atom is -0.479 e. The third kappa shape index (κ3) is 3.83. The third-order valence-corrected chi connectivity index (χ3v) is 3.78. The molecule has 0 aliphatic rings. The summed E-state index contributed by atoms with van der Waals surface area (Å²) in [6.45, 7) is 0.373. The van der Waals surface area contributed by atoms with E-state index in [9.17, 15) is 9.90 Å². The quantitative estimate of drug-likeness (QED) is 0.831. The lowest BCUT2D eigenvalue weighted by Gasteiger charge is -2.20. The predicted octanol–water partition coefficient (Wildman–Crippen LogP) is 3.83. The van der Waals surface area contributed by atoms with Crippen molar-refractivity contribution in [2.24, 2.45) is 0 Å². The van der Waals surface area contributed by atoms with Crippen molar-refractivity contribution in [2.45, 2.75) is 12.6 Å². The van der Waals surface area contributed by atoms with Gasteiger partial charge in [-0.05, 0) is 39.2 Å². The molecule has 0 spiro atoms. The Bertz CT molecular complexity index is 630. The van der Waals surface area contributed by atoms with Crippen LogP contribution in [0.1, 0.15) is 17.2 Å². The number of hydrogen-bond donors (Lipinski definition) is 2. The van der Waals surface area contributed by atoms with E-state index in [4.69, 9.17) is 4.74 Å². The summed E-state index contributed by atoms with van der Waals surface area (Å²) in [6.07, 6.45) is 0. The van der Waals surface area contributed by atoms with Gasteiger partial charge in [0, 0.05) is 17.3 Å². The van der Waals surface area contributed by atoms with Gasteiger partial charge in [-0.15, -0.1) is 0 Å². The molecule has 2 aromatic carbocycles. The molecule has 0 saturated carbocycles. The second-order valence-electron chi connectivity index (χ2n) is 4.53. The Balaban J connectivity index is 2.36. The van der Waals surface area contributed by atoms with Crippen LogP contribution in [0.5, 0.6) is 0 Å². The first kappa shape index (κ1) is 15.5. The Morgan fingerprint density at radius 3 is 2.57 bits per heavy atom. The highest BCUT2D eigenvalue weighted by Crippen LogP contribution is 2.28. The monoisotopic (exact) mass is 349 g/mol. The van der Waals surface area contributed by atoms with Crippen molar-refractivity contribution in [1.29, 1.82) is 0 Å². The number of benzene rings is 2. The van der Waals surface area contributed by atoms with Gasteiger partial charge in [-0.1, -0.05) is 36.4 Å². The lowest BCUT2D eigenvalue weighted by molar-refractivity contribution is -0.138. The molecule has 0 aromatic heterocycles. The van der Waals surface area contributed by atoms with E-state index in [0.717, 1.165) is 15.7 Å². The summed E-state index contributed by atoms with van der Waals surface area (Å²) in [4.78, 5) is 11.7. The zero-order chi connectivity index (χ0) is 15.2. The van der Waals surface area contributed by atoms with Crippen LogP contribution in [0.15, 0.2) is 53.0 Å². The van der Waals surface area contributed by atoms with Crippen LogP contribution in [-0.4, -0.2) is 18.2 Å². The molecule has 0 fully saturated rings. The molecule has 2 N–H and O–H groups in total. The van der Waals surface area contributed by atoms with Crippen molar-refractivity contribution in [3.8, 4) is 0 Å². The maximum atomic E-state index is 11.7. The largest absolute Gasteiger partial charge is 0.479 e. The van der Waals surface area contributed by atoms with Gasteiger partial charge >= 0.3 is 5.97 Å². The van der Waals surface area contributed by atoms with Gasteiger partial charge < -0.3 is 15.2 Å². The fourth-order valence-electron chi connectivity index (χ4n) is 2.11. The summed E-state index contributed by atoms with van der Waals surface area (Å²) in [6, 6.07) is 14.0. The molecule has 2 rings (SSSR count). The number of carboxylic acids is 1. The van der Waals surface area contributed by atoms with E-state index in [1.165, 1.54) is 0 Å². The van der Waals surface area contributed by atoms with Gasteiger partial charge in [0.05, 0.1) is 6.61 Å². The lowest BCUT2D eigenvalue weighted by Crippen LogP contribution is -2.22. The van der Waals surface area contributed by atoms with Crippen LogP contribution in [0.4, 0.5) is 5.69 Å². The lowest BCUT2D eigenvalue weighted by atomic mass is 10.0. The molecule has 4 nitrogen and oxygen atoms in total. The molecular weight excluding hydrogens is 334 g/mol. The van der Waals surface area contributed by atoms with Crippen LogP contribution in [0.2, 0.25) is 0 Å². The number of ether oxygens (including phenoxy) is 1. The number of aliphatic carboxylic acids is 1. The van der Waals surface area contributed by atoms with Gasteiger partial charge in [-0.25, -0.2) is 4.79 Å². The van der Waals surface area contributed by atoms with E-state index in [1.807, 2.05) is 42.5 Å². The van der Waals surface area contributed by atoms with Crippen molar-refractivity contribution in [2.75, 3.05) is 12.4 Å². The normalized spacial score (nSPS) is 11.9. The molecule has 5 heteroatoms. The van der Waals surface area contributed by atoms with Crippen LogP contribution in [0.25, 0.3) is 0 Å². The topological polar surface area (TPSA) is 58.6 Å². The van der Waals surface area contributed by atoms with E-state index in [1.54, 1.807) is 13.2 Å². The van der Waals surface area contributed by atoms with Gasteiger partial charge in [0.2, 0.25) is 0 Å². The summed E-state index contributed by atoms with van der Waals surface area (Å²) >= 11 is 3.42. The minimum atomic E-state index is -0.936. The van der Waals surface area contributed by atoms with E-state index in [0.29, 0.717) is 12.2 Å². The maximum absolute atomic E-state index is 11.7. The Morgan fingerprint density at radius 2 is 1.90 bits per heavy atom. The molecule has 0 aliphatic heterocycles. The number of anilines is 1. The highest BCUT2D eigenvalue weighted by molar-refractivity contribution is 9.10. The summed E-state index contributed by atoms with van der Waals surface area (Å²) in [5.74, 6) is -0.936. The van der Waals surface area contributed by atoms with Crippen molar-refractivity contribution in [3.63, 3.8) is 0 Å². The number of methoxy groups -OCH3 is 1. The molecule has 0 bridgehead atoms. The SMILES string of the molecule is COCc1ccccc1C(Nc1ccccc1Br)C(=O)O. The highest BCUT2D eigenvalue weighted by Gasteiger charge is 2.22. The Morgan fingerprint density at radius 1 is 1.24 bits per heavy atom. The zero-order valence-electron chi connectivity index (χ0n) is 11.5. The average Bonchev–Trinajstić information content (AvgIpc) is 2.47. The van der Waals surface area contributed by atoms with Crippen molar-refractivity contribution in [3.05, 3.63) is 64.1 Å². The average molecular weight is 350 g/mol. The van der Waals surface area contributed by atoms with E-state index < -0.39 is 12.0 Å². The fraction of sp³-hybridized carbons (Fsp3) is 0.188. The number of halogens is 1. The summed E-state index contributed by atoms with van der Waals surface area (Å²) < 4.78 is 5.96. The number of hydrogen-bond acceptors (Lipinski definition) is 3. The molecule has 0 amide bonds. The second kappa shape index (κ2) is 7.24. The van der Waals surface area contributed by atoms with Crippen molar-refractivity contribution < 1.29 is 14.6 Å². The maximum Gasteiger partial charge on any atom is 0.330 e. The van der Waals surface area contributed by atoms with Crippen LogP contribution in [-0.2, 0) is 16.1 Å². The Kier molecular flexibility index (Phi) is 5.36. The number of carboxylic acid groups (broad SMARTS) is 1. The van der Waals surface area contributed by atoms with Crippen molar-refractivity contribution in [1.82, 2.24) is 0 Å². The molecule has 2 aromatic rings. The molecule has 1 atom stereocenters. The molecule has 21 heavy (non-hydrogen) atoms. The van der Waals surface area contributed by atoms with Crippen LogP contribution in [0.3, 0.4) is 0 Å². The van der Waals surface area contributed by atoms with Gasteiger partial charge in [0.15, 0.2) is 6.04 Å². The zero-order valence-corrected chi connectivity index (χ0v) is 13.1. The fourth-order valence-corrected chi connectivity index (χ4v) is 2.51. The van der Waals surface area contributed by atoms with Gasteiger partial charge in [-0.2, -0.15) is 0 Å². The van der Waals surface area contributed by atoms with Crippen LogP contribution < -0.4 is 5.32 Å². The Hall–Kier alpha value is -1.85. The summed E-state index contributed by atoms with van der Waals surface area (Å²) in [5, 5.41) is 12.6. The highest BCUT2D eigenvalue weighted by atomic mass is 79.9. The molecular formula is C16H16BrNO3. The van der Waals surface area contributed by atoms with Crippen molar-refractivity contribution >= 4 is 27.6 Å². The van der Waals surface area contributed by atoms with E-state index >= 15 is 0 Å². The van der Waals surface area contributed by atoms with Gasteiger partial charge in [0.25, 0.3) is 0 Å². The predicted molar refractivity (Wildman–Crippen MR) is 85.3 cm³/mol. The molecule has 0 heterocycles. The van der Waals surface area contributed by atoms with E-state index in [-0.39, 0.29) is 0 Å². The van der Waals surface area contributed by atoms with E-state index in [2.05, 4.69) is 21.2 Å². The number of carbonyl (C=O) groups is 1. The van der Waals surface area contributed by atoms with Crippen LogP contribution in [0, 0.1) is 0 Å². The Labute approximate surface area is 131 Å². The second-order valence-corrected chi connectivity index (χ2v) is 5.38. The standard InChI is InChI=1S/C16H16BrNO3/c1-21-10-11-6-2-3-7-12(11)15(16(19)20)18-14-9-5-4-8-13(14)17/h2-9,15,18H,10H2,1H3,(H,19,20). The number of rotatable bonds is 6. The molecule has 0 radical (unpaired) electrons. The molecule has 0 aliphatic carbocycles. The molecule has 110 valence electrons. The minimum absolute atomic E-state index is 0.373. The van der Waals surface area contributed by atoms with Crippen LogP contribution >= 0.6 is 15.9 Å². The summed E-state index contributed by atoms with van der Waals surface area (Å²) in [7, 11) is 1.59. The smallest absolute Gasteiger partial charge is 0.330 e. The first-order chi connectivity index (χ1) is 10.1. The van der Waals surface area contributed by atoms with Gasteiger partial charge in [-0.3, -0.25) is 0 Å².